The maximum absolute atomic E-state index is 13.1. The molecular weight excluding hydrogens is 413 g/mol. The molecule has 8 heteroatoms. The lowest BCUT2D eigenvalue weighted by Gasteiger charge is -2.33. The summed E-state index contributed by atoms with van der Waals surface area (Å²) in [5.41, 5.74) is 0.805. The number of hydrogen-bond acceptors (Lipinski definition) is 5. The number of rotatable bonds is 8. The van der Waals surface area contributed by atoms with Gasteiger partial charge in [0.25, 0.3) is 0 Å². The van der Waals surface area contributed by atoms with Gasteiger partial charge in [0, 0.05) is 25.7 Å². The van der Waals surface area contributed by atoms with Gasteiger partial charge in [-0.15, -0.1) is 0 Å². The molecule has 29 heavy (non-hydrogen) atoms. The largest absolute Gasteiger partial charge is 0.395 e. The van der Waals surface area contributed by atoms with E-state index in [2.05, 4.69) is 15.1 Å². The fourth-order valence-electron chi connectivity index (χ4n) is 4.03. The summed E-state index contributed by atoms with van der Waals surface area (Å²) >= 11 is 12.0. The number of hydrogen-bond donors (Lipinski definition) is 2. The summed E-state index contributed by atoms with van der Waals surface area (Å²) < 4.78 is 0. The van der Waals surface area contributed by atoms with E-state index in [1.165, 1.54) is 0 Å². The third-order valence-corrected chi connectivity index (χ3v) is 6.32. The first-order valence-corrected chi connectivity index (χ1v) is 10.8. The number of halogens is 2. The number of aliphatic hydroxyl groups excluding tert-OH is 1. The summed E-state index contributed by atoms with van der Waals surface area (Å²) in [5, 5.41) is 13.5. The van der Waals surface area contributed by atoms with Gasteiger partial charge in [-0.25, -0.2) is 0 Å². The molecule has 2 heterocycles. The molecule has 2 N–H and O–H groups in total. The zero-order valence-corrected chi connectivity index (χ0v) is 17.8. The second-order valence-corrected chi connectivity index (χ2v) is 8.37. The molecule has 0 bridgehead atoms. The highest BCUT2D eigenvalue weighted by atomic mass is 35.5. The molecule has 0 saturated carbocycles. The van der Waals surface area contributed by atoms with Gasteiger partial charge in [0.15, 0.2) is 5.78 Å². The zero-order valence-electron chi connectivity index (χ0n) is 16.3. The number of nitrogens with one attached hydrogen (secondary N) is 1. The van der Waals surface area contributed by atoms with Crippen molar-refractivity contribution in [3.05, 3.63) is 39.9 Å². The first-order chi connectivity index (χ1) is 14.0. The normalized spacial score (nSPS) is 22.2. The number of benzene rings is 1. The topological polar surface area (TPSA) is 72.9 Å². The maximum atomic E-state index is 13.1. The fraction of sp³-hybridized carbons (Fsp3) is 0.524. The van der Waals surface area contributed by atoms with Crippen molar-refractivity contribution in [3.63, 3.8) is 0 Å². The number of aliphatic hydroxyl groups is 1. The second-order valence-electron chi connectivity index (χ2n) is 7.56. The molecule has 1 amide bonds. The molecule has 2 aliphatic rings. The Balaban J connectivity index is 1.70. The molecule has 158 valence electrons. The molecule has 1 unspecified atom stereocenters. The van der Waals surface area contributed by atoms with Gasteiger partial charge >= 0.3 is 0 Å². The average Bonchev–Trinajstić information content (AvgIpc) is 3.17. The summed E-state index contributed by atoms with van der Waals surface area (Å²) in [6.07, 6.45) is 5.81. The van der Waals surface area contributed by atoms with Crippen LogP contribution in [-0.2, 0) is 9.59 Å². The lowest BCUT2D eigenvalue weighted by atomic mass is 10.0. The quantitative estimate of drug-likeness (QED) is 0.607. The molecule has 1 aromatic carbocycles. The SMILES string of the molecule is O=C1CN(CCC(C(=O)/C=C/c2ccc(Cl)c(Cl)c2)N2CCC[C@H]2CO)CCN1. The van der Waals surface area contributed by atoms with Crippen molar-refractivity contribution in [1.82, 2.24) is 15.1 Å². The van der Waals surface area contributed by atoms with E-state index in [4.69, 9.17) is 23.2 Å². The Bertz CT molecular complexity index is 772. The minimum Gasteiger partial charge on any atom is -0.395 e. The van der Waals surface area contributed by atoms with Gasteiger partial charge in [0.1, 0.15) is 0 Å². The first-order valence-electron chi connectivity index (χ1n) is 10.0. The predicted molar refractivity (Wildman–Crippen MR) is 115 cm³/mol. The van der Waals surface area contributed by atoms with Crippen molar-refractivity contribution in [3.8, 4) is 0 Å². The van der Waals surface area contributed by atoms with Crippen molar-refractivity contribution in [2.45, 2.75) is 31.3 Å². The minimum absolute atomic E-state index is 0.00196. The molecule has 0 radical (unpaired) electrons. The highest BCUT2D eigenvalue weighted by Gasteiger charge is 2.33. The molecule has 2 aliphatic heterocycles. The highest BCUT2D eigenvalue weighted by molar-refractivity contribution is 6.42. The van der Waals surface area contributed by atoms with Crippen molar-refractivity contribution in [1.29, 1.82) is 0 Å². The van der Waals surface area contributed by atoms with E-state index in [9.17, 15) is 14.7 Å². The summed E-state index contributed by atoms with van der Waals surface area (Å²) in [6, 6.07) is 4.92. The van der Waals surface area contributed by atoms with Crippen molar-refractivity contribution < 1.29 is 14.7 Å². The Labute approximate surface area is 181 Å². The number of nitrogens with zero attached hydrogens (tertiary/aromatic N) is 2. The lowest BCUT2D eigenvalue weighted by Crippen LogP contribution is -2.50. The zero-order chi connectivity index (χ0) is 20.8. The highest BCUT2D eigenvalue weighted by Crippen LogP contribution is 2.25. The second kappa shape index (κ2) is 10.5. The molecule has 0 aliphatic carbocycles. The Morgan fingerprint density at radius 3 is 2.86 bits per heavy atom. The third-order valence-electron chi connectivity index (χ3n) is 5.58. The van der Waals surface area contributed by atoms with Crippen LogP contribution in [0.4, 0.5) is 0 Å². The summed E-state index contributed by atoms with van der Waals surface area (Å²) in [4.78, 5) is 28.9. The number of amides is 1. The summed E-state index contributed by atoms with van der Waals surface area (Å²) in [5.74, 6) is 0.0194. The van der Waals surface area contributed by atoms with Crippen LogP contribution in [0.1, 0.15) is 24.8 Å². The maximum Gasteiger partial charge on any atom is 0.234 e. The standard InChI is InChI=1S/C21H27Cl2N3O3/c22-17-5-3-15(12-18(17)23)4-6-20(28)19(26-9-1-2-16(26)14-27)7-10-25-11-8-24-21(29)13-25/h3-6,12,16,19,27H,1-2,7-11,13-14H2,(H,24,29)/b6-4+/t16-,19?/m0/s1. The van der Waals surface area contributed by atoms with Crippen LogP contribution in [0.3, 0.4) is 0 Å². The van der Waals surface area contributed by atoms with Gasteiger partial charge in [-0.05, 0) is 49.6 Å². The van der Waals surface area contributed by atoms with E-state index in [0.29, 0.717) is 36.1 Å². The van der Waals surface area contributed by atoms with E-state index < -0.39 is 0 Å². The Hall–Kier alpha value is -1.44. The van der Waals surface area contributed by atoms with Gasteiger partial charge in [0.05, 0.1) is 29.2 Å². The van der Waals surface area contributed by atoms with E-state index in [1.807, 2.05) is 6.07 Å². The van der Waals surface area contributed by atoms with Crippen LogP contribution in [0.15, 0.2) is 24.3 Å². The van der Waals surface area contributed by atoms with Crippen LogP contribution in [0.25, 0.3) is 6.08 Å². The number of carbonyl (C=O) groups excluding carboxylic acids is 2. The Morgan fingerprint density at radius 1 is 1.31 bits per heavy atom. The van der Waals surface area contributed by atoms with Crippen molar-refractivity contribution in [2.24, 2.45) is 0 Å². The molecule has 2 fully saturated rings. The number of carbonyl (C=O) groups is 2. The van der Waals surface area contributed by atoms with Crippen LogP contribution < -0.4 is 5.32 Å². The van der Waals surface area contributed by atoms with Gasteiger partial charge in [-0.2, -0.15) is 0 Å². The Morgan fingerprint density at radius 2 is 2.14 bits per heavy atom. The molecule has 1 aromatic rings. The van der Waals surface area contributed by atoms with Crippen LogP contribution in [0, 0.1) is 0 Å². The summed E-state index contributed by atoms with van der Waals surface area (Å²) in [6.45, 7) is 3.30. The van der Waals surface area contributed by atoms with Crippen molar-refractivity contribution >= 4 is 41.0 Å². The Kier molecular flexibility index (Phi) is 8.09. The number of piperazine rings is 1. The van der Waals surface area contributed by atoms with E-state index in [-0.39, 0.29) is 30.4 Å². The molecule has 0 aromatic heterocycles. The average molecular weight is 440 g/mol. The smallest absolute Gasteiger partial charge is 0.234 e. The van der Waals surface area contributed by atoms with Crippen molar-refractivity contribution in [2.75, 3.05) is 39.3 Å². The van der Waals surface area contributed by atoms with E-state index in [1.54, 1.807) is 24.3 Å². The van der Waals surface area contributed by atoms with Crippen LogP contribution in [-0.4, -0.2) is 78.0 Å². The monoisotopic (exact) mass is 439 g/mol. The van der Waals surface area contributed by atoms with E-state index in [0.717, 1.165) is 31.5 Å². The molecule has 3 rings (SSSR count). The molecule has 2 atom stereocenters. The van der Waals surface area contributed by atoms with E-state index >= 15 is 0 Å². The van der Waals surface area contributed by atoms with Gasteiger partial charge in [0.2, 0.25) is 5.91 Å². The fourth-order valence-corrected chi connectivity index (χ4v) is 4.34. The van der Waals surface area contributed by atoms with Crippen LogP contribution in [0.2, 0.25) is 10.0 Å². The lowest BCUT2D eigenvalue weighted by molar-refractivity contribution is -0.124. The van der Waals surface area contributed by atoms with Gasteiger partial charge in [-0.1, -0.05) is 35.3 Å². The molecule has 6 nitrogen and oxygen atoms in total. The molecule has 0 spiro atoms. The van der Waals surface area contributed by atoms with Crippen LogP contribution in [0.5, 0.6) is 0 Å². The number of likely N-dealkylation sites (tertiary alicyclic amines) is 1. The minimum atomic E-state index is -0.321. The first kappa shape index (κ1) is 22.2. The number of ketones is 1. The molecule has 2 saturated heterocycles. The van der Waals surface area contributed by atoms with Crippen LogP contribution >= 0.6 is 23.2 Å². The summed E-state index contributed by atoms with van der Waals surface area (Å²) in [7, 11) is 0. The van der Waals surface area contributed by atoms with Gasteiger partial charge < -0.3 is 10.4 Å². The third kappa shape index (κ3) is 6.03. The predicted octanol–water partition coefficient (Wildman–Crippen LogP) is 2.22. The van der Waals surface area contributed by atoms with Gasteiger partial charge in [-0.3, -0.25) is 19.4 Å². The molecular formula is C21H27Cl2N3O3.